The zero-order valence-electron chi connectivity index (χ0n) is 29.3. The highest BCUT2D eigenvalue weighted by molar-refractivity contribution is 5.67. The van der Waals surface area contributed by atoms with Gasteiger partial charge in [-0.1, -0.05) is 0 Å². The van der Waals surface area contributed by atoms with Gasteiger partial charge in [0, 0.05) is 53.4 Å². The number of rotatable bonds is 8. The summed E-state index contributed by atoms with van der Waals surface area (Å²) in [5.74, 6) is -2.49. The molecule has 0 saturated carbocycles. The van der Waals surface area contributed by atoms with E-state index in [1.807, 2.05) is 0 Å². The number of fused-ring (bicyclic) bond motifs is 8. The fraction of sp³-hybridized carbons (Fsp3) is 0.300. The molecule has 5 rings (SSSR count). The zero-order chi connectivity index (χ0) is 37.7. The molecule has 1 aliphatic carbocycles. The van der Waals surface area contributed by atoms with Crippen molar-refractivity contribution in [1.82, 2.24) is 0 Å². The molecule has 0 heterocycles. The number of phenolic OH excluding ortho intramolecular Hbond substituents is 4. The van der Waals surface area contributed by atoms with Crippen LogP contribution in [0.3, 0.4) is 0 Å². The molecule has 0 fully saturated rings. The van der Waals surface area contributed by atoms with E-state index in [0.29, 0.717) is 66.8 Å². The molecule has 0 spiro atoms. The molecular formula is C40H40O12. The maximum Gasteiger partial charge on any atom is 0.302 e. The fourth-order valence-corrected chi connectivity index (χ4v) is 6.30. The molecule has 4 aromatic rings. The number of hydrogen-bond donors (Lipinski definition) is 4. The fourth-order valence-electron chi connectivity index (χ4n) is 6.30. The summed E-state index contributed by atoms with van der Waals surface area (Å²) in [7, 11) is 0. The number of phenols is 4. The summed E-state index contributed by atoms with van der Waals surface area (Å²) < 4.78 is 21.1. The summed E-state index contributed by atoms with van der Waals surface area (Å²) in [6.07, 6.45) is -0.0280. The minimum Gasteiger partial charge on any atom is -0.507 e. The molecule has 0 amide bonds. The van der Waals surface area contributed by atoms with Gasteiger partial charge in [-0.25, -0.2) is 0 Å². The van der Waals surface area contributed by atoms with Crippen LogP contribution in [-0.2, 0) is 90.2 Å². The lowest BCUT2D eigenvalue weighted by atomic mass is 9.88. The van der Waals surface area contributed by atoms with Gasteiger partial charge in [-0.3, -0.25) is 19.2 Å². The van der Waals surface area contributed by atoms with Gasteiger partial charge in [-0.15, -0.1) is 0 Å². The molecule has 0 radical (unpaired) electrons. The molecule has 1 aliphatic rings. The summed E-state index contributed by atoms with van der Waals surface area (Å²) >= 11 is 0. The Morgan fingerprint density at radius 3 is 0.673 bits per heavy atom. The first-order valence-electron chi connectivity index (χ1n) is 16.5. The van der Waals surface area contributed by atoms with Gasteiger partial charge in [0.05, 0.1) is 0 Å². The van der Waals surface area contributed by atoms with Crippen LogP contribution in [0, 0.1) is 0 Å². The van der Waals surface area contributed by atoms with Gasteiger partial charge >= 0.3 is 23.9 Å². The molecule has 0 aliphatic heterocycles. The third-order valence-corrected chi connectivity index (χ3v) is 8.60. The van der Waals surface area contributed by atoms with Crippen LogP contribution in [0.15, 0.2) is 48.5 Å². The average molecular weight is 713 g/mol. The van der Waals surface area contributed by atoms with Crippen molar-refractivity contribution < 1.29 is 58.6 Å². The molecule has 52 heavy (non-hydrogen) atoms. The molecule has 12 nitrogen and oxygen atoms in total. The second-order valence-corrected chi connectivity index (χ2v) is 12.9. The van der Waals surface area contributed by atoms with E-state index in [9.17, 15) is 39.6 Å². The Hall–Kier alpha value is -6.04. The van der Waals surface area contributed by atoms with Crippen molar-refractivity contribution in [2.75, 3.05) is 0 Å². The Labute approximate surface area is 300 Å². The lowest BCUT2D eigenvalue weighted by molar-refractivity contribution is -0.143. The van der Waals surface area contributed by atoms with E-state index in [4.69, 9.17) is 18.9 Å². The Balaban J connectivity index is 1.77. The Morgan fingerprint density at radius 1 is 0.385 bits per heavy atom. The van der Waals surface area contributed by atoms with Gasteiger partial charge in [0.1, 0.15) is 49.4 Å². The van der Waals surface area contributed by atoms with Crippen molar-refractivity contribution in [2.45, 2.75) is 79.8 Å². The first kappa shape index (κ1) is 37.2. The minimum absolute atomic E-state index is 0.00701. The maximum atomic E-state index is 11.7. The SMILES string of the molecule is CC(=O)OCc1cc2c(O)c(c1)Cc1cc(COC(C)=O)cc(c1O)Cc1cc(COC(C)=O)cc(c1O)Cc1cc(COC(C)=O)cc(c1O)C2. The Kier molecular flexibility index (Phi) is 11.4. The predicted octanol–water partition coefficient (Wildman–Crippen LogP) is 5.44. The van der Waals surface area contributed by atoms with E-state index in [0.717, 1.165) is 0 Å². The number of carbonyl (C=O) groups excluding carboxylic acids is 4. The maximum absolute atomic E-state index is 11.7. The Bertz CT molecular complexity index is 1680. The average Bonchev–Trinajstić information content (AvgIpc) is 3.07. The van der Waals surface area contributed by atoms with Crippen LogP contribution < -0.4 is 0 Å². The second-order valence-electron chi connectivity index (χ2n) is 12.9. The second kappa shape index (κ2) is 15.9. The number of hydrogen-bond acceptors (Lipinski definition) is 12. The molecule has 0 aromatic heterocycles. The number of esters is 4. The topological polar surface area (TPSA) is 186 Å². The minimum atomic E-state index is -0.506. The molecule has 12 heteroatoms. The van der Waals surface area contributed by atoms with Crippen LogP contribution in [0.25, 0.3) is 0 Å². The molecule has 0 unspecified atom stereocenters. The summed E-state index contributed by atoms with van der Waals surface area (Å²) in [5, 5.41) is 46.7. The number of benzene rings is 4. The monoisotopic (exact) mass is 712 g/mol. The number of ether oxygens (including phenoxy) is 4. The molecule has 8 bridgehead atoms. The third kappa shape index (κ3) is 9.19. The first-order valence-corrected chi connectivity index (χ1v) is 16.5. The largest absolute Gasteiger partial charge is 0.507 e. The zero-order valence-corrected chi connectivity index (χ0v) is 29.3. The van der Waals surface area contributed by atoms with E-state index in [-0.39, 0.29) is 75.1 Å². The summed E-state index contributed by atoms with van der Waals surface area (Å²) in [5.41, 5.74) is 5.20. The van der Waals surface area contributed by atoms with E-state index in [1.54, 1.807) is 48.5 Å². The van der Waals surface area contributed by atoms with E-state index in [2.05, 4.69) is 0 Å². The van der Waals surface area contributed by atoms with Gasteiger partial charge in [0.2, 0.25) is 0 Å². The van der Waals surface area contributed by atoms with Gasteiger partial charge in [-0.05, 0) is 115 Å². The summed E-state index contributed by atoms with van der Waals surface area (Å²) in [6.45, 7) is 4.70. The van der Waals surface area contributed by atoms with Crippen molar-refractivity contribution in [2.24, 2.45) is 0 Å². The van der Waals surface area contributed by atoms with Crippen LogP contribution in [0.2, 0.25) is 0 Å². The highest BCUT2D eigenvalue weighted by Gasteiger charge is 2.22. The molecule has 0 saturated heterocycles. The third-order valence-electron chi connectivity index (χ3n) is 8.60. The van der Waals surface area contributed by atoms with Crippen LogP contribution in [0.5, 0.6) is 23.0 Å². The molecular weight excluding hydrogens is 672 g/mol. The van der Waals surface area contributed by atoms with Crippen molar-refractivity contribution in [3.63, 3.8) is 0 Å². The van der Waals surface area contributed by atoms with Crippen molar-refractivity contribution in [1.29, 1.82) is 0 Å². The van der Waals surface area contributed by atoms with Crippen molar-refractivity contribution >= 4 is 23.9 Å². The van der Waals surface area contributed by atoms with Gasteiger partial charge in [0.25, 0.3) is 0 Å². The first-order chi connectivity index (χ1) is 24.7. The van der Waals surface area contributed by atoms with E-state index >= 15 is 0 Å². The van der Waals surface area contributed by atoms with E-state index < -0.39 is 23.9 Å². The van der Waals surface area contributed by atoms with Crippen LogP contribution >= 0.6 is 0 Å². The molecule has 4 aromatic carbocycles. The predicted molar refractivity (Wildman–Crippen MR) is 186 cm³/mol. The number of carbonyl (C=O) groups is 4. The molecule has 272 valence electrons. The van der Waals surface area contributed by atoms with Gasteiger partial charge in [-0.2, -0.15) is 0 Å². The highest BCUT2D eigenvalue weighted by atomic mass is 16.5. The van der Waals surface area contributed by atoms with E-state index in [1.165, 1.54) is 27.7 Å². The van der Waals surface area contributed by atoms with Crippen molar-refractivity contribution in [3.8, 4) is 23.0 Å². The number of aromatic hydroxyl groups is 4. The summed E-state index contributed by atoms with van der Waals surface area (Å²) in [4.78, 5) is 46.9. The lowest BCUT2D eigenvalue weighted by Gasteiger charge is -2.20. The highest BCUT2D eigenvalue weighted by Crippen LogP contribution is 2.39. The summed E-state index contributed by atoms with van der Waals surface area (Å²) in [6, 6.07) is 13.2. The smallest absolute Gasteiger partial charge is 0.302 e. The Morgan fingerprint density at radius 2 is 0.538 bits per heavy atom. The van der Waals surface area contributed by atoms with Gasteiger partial charge < -0.3 is 39.4 Å². The van der Waals surface area contributed by atoms with Gasteiger partial charge in [0.15, 0.2) is 0 Å². The normalized spacial score (nSPS) is 12.1. The molecule has 0 atom stereocenters. The van der Waals surface area contributed by atoms with Crippen LogP contribution in [0.1, 0.15) is 94.5 Å². The lowest BCUT2D eigenvalue weighted by Crippen LogP contribution is -2.07. The molecule has 4 N–H and O–H groups in total. The standard InChI is InChI=1S/C40H40O12/c1-21(41)49-17-25-5-29-13-31-7-26(18-50-22(2)42)9-33(38(31)46)15-35-11-28(20-52-24(4)44)12-36(40(35)48)16-34-10-27(19-51-23(3)43)8-32(39(34)47)14-30(6-25)37(29)45/h5-12,45-48H,13-20H2,1-4H3. The van der Waals surface area contributed by atoms with Crippen LogP contribution in [0.4, 0.5) is 0 Å². The van der Waals surface area contributed by atoms with Crippen LogP contribution in [-0.4, -0.2) is 44.3 Å². The van der Waals surface area contributed by atoms with Crippen molar-refractivity contribution in [3.05, 3.63) is 115 Å². The quantitative estimate of drug-likeness (QED) is 0.118.